The van der Waals surface area contributed by atoms with Gasteiger partial charge in [0.05, 0.1) is 11.2 Å². The van der Waals surface area contributed by atoms with Crippen LogP contribution in [-0.2, 0) is 0 Å². The highest BCUT2D eigenvalue weighted by atomic mass is 33.5. The van der Waals surface area contributed by atoms with Crippen LogP contribution in [-0.4, -0.2) is 11.3 Å². The molecule has 0 aliphatic carbocycles. The normalized spacial score (nSPS) is 24.8. The molecule has 1 unspecified atom stereocenters. The largest absolute Gasteiger partial charge is 0.248 e. The Morgan fingerprint density at radius 1 is 1.17 bits per heavy atom. The topological polar surface area (TPSA) is 12.4 Å². The number of hydrogen-bond donors (Lipinski definition) is 1. The molecule has 1 heterocycles. The molecule has 1 aliphatic heterocycles. The minimum Gasteiger partial charge on any atom is -0.248 e. The van der Waals surface area contributed by atoms with Gasteiger partial charge in [0, 0.05) is 10.6 Å². The number of rotatable bonds is 7. The van der Waals surface area contributed by atoms with Gasteiger partial charge in [-0.15, -0.1) is 11.7 Å². The molecule has 0 saturated carbocycles. The molecule has 2 rings (SSSR count). The Morgan fingerprint density at radius 3 is 2.78 bits per heavy atom. The van der Waals surface area contributed by atoms with Crippen molar-refractivity contribution in [3.63, 3.8) is 0 Å². The number of hydrogen-bond acceptors (Lipinski definition) is 3. The van der Waals surface area contributed by atoms with Crippen molar-refractivity contribution in [2.75, 3.05) is 5.75 Å². The van der Waals surface area contributed by atoms with Gasteiger partial charge in [-0.05, 0) is 18.6 Å². The Hall–Kier alpha value is -0.0600. The first-order chi connectivity index (χ1) is 8.76. The summed E-state index contributed by atoms with van der Waals surface area (Å²) in [5.74, 6) is 1.20. The summed E-state index contributed by atoms with van der Waals surface area (Å²) in [5, 5.41) is 0. The molecule has 0 aromatic heterocycles. The van der Waals surface area contributed by atoms with Crippen molar-refractivity contribution in [3.8, 4) is 0 Å². The van der Waals surface area contributed by atoms with Crippen molar-refractivity contribution in [3.05, 3.63) is 24.3 Å². The predicted octanol–water partition coefficient (Wildman–Crippen LogP) is 5.99. The molecule has 1 aromatic carbocycles. The number of fused-ring (bicyclic) bond motifs is 1. The van der Waals surface area contributed by atoms with Gasteiger partial charge in [-0.25, -0.2) is 4.99 Å². The lowest BCUT2D eigenvalue weighted by Gasteiger charge is -2.26. The summed E-state index contributed by atoms with van der Waals surface area (Å²) in [7, 11) is 0.849. The molecular formula is C14H21NS3. The van der Waals surface area contributed by atoms with Crippen LogP contribution in [0.4, 0.5) is 5.69 Å². The summed E-state index contributed by atoms with van der Waals surface area (Å²) in [6.07, 6.45) is 6.71. The maximum atomic E-state index is 4.90. The van der Waals surface area contributed by atoms with Crippen LogP contribution in [0, 0.1) is 0 Å². The first kappa shape index (κ1) is 14.4. The Balaban J connectivity index is 1.81. The summed E-state index contributed by atoms with van der Waals surface area (Å²) in [6.45, 7) is 2.26. The molecule has 1 atom stereocenters. The summed E-state index contributed by atoms with van der Waals surface area (Å²) >= 11 is 4.90. The number of para-hydroxylation sites is 1. The quantitative estimate of drug-likeness (QED) is 0.371. The Bertz CT molecular complexity index is 419. The molecule has 0 bridgehead atoms. The van der Waals surface area contributed by atoms with Gasteiger partial charge in [0.25, 0.3) is 0 Å². The van der Waals surface area contributed by atoms with Crippen molar-refractivity contribution in [2.24, 2.45) is 4.99 Å². The fraction of sp³-hybridized carbons (Fsp3) is 0.500. The van der Waals surface area contributed by atoms with E-state index < -0.39 is 8.09 Å². The van der Waals surface area contributed by atoms with E-state index in [1.165, 1.54) is 42.8 Å². The van der Waals surface area contributed by atoms with E-state index in [2.05, 4.69) is 35.7 Å². The van der Waals surface area contributed by atoms with Crippen LogP contribution in [0.1, 0.15) is 39.0 Å². The zero-order valence-corrected chi connectivity index (χ0v) is 13.4. The van der Waals surface area contributed by atoms with Crippen LogP contribution in [0.5, 0.6) is 0 Å². The van der Waals surface area contributed by atoms with Crippen molar-refractivity contribution >= 4 is 41.8 Å². The van der Waals surface area contributed by atoms with Crippen molar-refractivity contribution in [1.82, 2.24) is 0 Å². The number of unbranched alkanes of at least 4 members (excludes halogenated alkanes) is 4. The van der Waals surface area contributed by atoms with Gasteiger partial charge in [0.15, 0.2) is 0 Å². The smallest absolute Gasteiger partial charge is 0.0775 e. The van der Waals surface area contributed by atoms with E-state index in [-0.39, 0.29) is 0 Å². The summed E-state index contributed by atoms with van der Waals surface area (Å²) in [6, 6.07) is 8.39. The second-order valence-electron chi connectivity index (χ2n) is 4.51. The number of benzene rings is 1. The minimum atomic E-state index is -1.14. The van der Waals surface area contributed by atoms with Crippen molar-refractivity contribution < 1.29 is 0 Å². The van der Waals surface area contributed by atoms with Gasteiger partial charge in [0.1, 0.15) is 0 Å². The number of nitrogens with zero attached hydrogens (tertiary/aromatic N) is 1. The Morgan fingerprint density at radius 2 is 1.94 bits per heavy atom. The Labute approximate surface area is 120 Å². The second-order valence-corrected chi connectivity index (χ2v) is 11.7. The van der Waals surface area contributed by atoms with Crippen molar-refractivity contribution in [1.29, 1.82) is 0 Å². The van der Waals surface area contributed by atoms with Crippen molar-refractivity contribution in [2.45, 2.75) is 43.9 Å². The SMILES string of the molecule is CCCCCCCSS1(S)C=Nc2ccccc21. The minimum absolute atomic E-state index is 1.11. The van der Waals surface area contributed by atoms with E-state index in [0.29, 0.717) is 0 Å². The third-order valence-electron chi connectivity index (χ3n) is 3.03. The average molecular weight is 300 g/mol. The van der Waals surface area contributed by atoms with Gasteiger partial charge in [-0.3, -0.25) is 0 Å². The van der Waals surface area contributed by atoms with E-state index in [1.54, 1.807) is 0 Å². The van der Waals surface area contributed by atoms with Gasteiger partial charge in [0.2, 0.25) is 0 Å². The summed E-state index contributed by atoms with van der Waals surface area (Å²) in [5.41, 5.74) is 3.18. The van der Waals surface area contributed by atoms with E-state index in [9.17, 15) is 0 Å². The molecule has 1 aromatic rings. The highest BCUT2D eigenvalue weighted by Crippen LogP contribution is 2.72. The average Bonchev–Trinajstić information content (AvgIpc) is 2.73. The second kappa shape index (κ2) is 6.92. The van der Waals surface area contributed by atoms with Gasteiger partial charge in [-0.1, -0.05) is 63.6 Å². The molecule has 1 nitrogen and oxygen atoms in total. The molecule has 18 heavy (non-hydrogen) atoms. The van der Waals surface area contributed by atoms with Crippen LogP contribution in [0.25, 0.3) is 0 Å². The van der Waals surface area contributed by atoms with E-state index >= 15 is 0 Å². The van der Waals surface area contributed by atoms with Gasteiger partial charge >= 0.3 is 0 Å². The van der Waals surface area contributed by atoms with Crippen LogP contribution in [0.3, 0.4) is 0 Å². The third-order valence-corrected chi connectivity index (χ3v) is 9.40. The molecule has 0 N–H and O–H groups in total. The Kier molecular flexibility index (Phi) is 5.52. The highest BCUT2D eigenvalue weighted by molar-refractivity contribution is 9.26. The van der Waals surface area contributed by atoms with Crippen LogP contribution < -0.4 is 0 Å². The lowest BCUT2D eigenvalue weighted by atomic mass is 10.2. The monoisotopic (exact) mass is 299 g/mol. The number of thiol groups is 1. The zero-order chi connectivity index (χ0) is 12.8. The predicted molar refractivity (Wildman–Crippen MR) is 90.7 cm³/mol. The lowest BCUT2D eigenvalue weighted by Crippen LogP contribution is -1.88. The van der Waals surface area contributed by atoms with E-state index in [4.69, 9.17) is 11.7 Å². The highest BCUT2D eigenvalue weighted by Gasteiger charge is 2.27. The van der Waals surface area contributed by atoms with E-state index in [1.807, 2.05) is 16.9 Å². The molecule has 0 spiro atoms. The summed E-state index contributed by atoms with van der Waals surface area (Å²) < 4.78 is 0. The third kappa shape index (κ3) is 3.49. The lowest BCUT2D eigenvalue weighted by molar-refractivity contribution is 0.660. The van der Waals surface area contributed by atoms with Gasteiger partial charge < -0.3 is 0 Å². The first-order valence-corrected chi connectivity index (χ1v) is 10.8. The molecule has 0 radical (unpaired) electrons. The molecule has 0 fully saturated rings. The fourth-order valence-electron chi connectivity index (χ4n) is 1.98. The molecule has 4 heteroatoms. The maximum absolute atomic E-state index is 4.90. The van der Waals surface area contributed by atoms with Crippen LogP contribution in [0.15, 0.2) is 34.2 Å². The molecule has 0 amide bonds. The molecule has 0 saturated heterocycles. The molecule has 1 aliphatic rings. The molecular weight excluding hydrogens is 278 g/mol. The summed E-state index contributed by atoms with van der Waals surface area (Å²) in [4.78, 5) is 5.82. The van der Waals surface area contributed by atoms with Crippen LogP contribution >= 0.6 is 30.5 Å². The fourth-order valence-corrected chi connectivity index (χ4v) is 7.32. The first-order valence-electron chi connectivity index (χ1n) is 6.59. The van der Waals surface area contributed by atoms with E-state index in [0.717, 1.165) is 5.69 Å². The van der Waals surface area contributed by atoms with Crippen LogP contribution in [0.2, 0.25) is 0 Å². The molecule has 100 valence electrons. The van der Waals surface area contributed by atoms with Gasteiger partial charge in [-0.2, -0.15) is 0 Å². The maximum Gasteiger partial charge on any atom is 0.0775 e. The zero-order valence-electron chi connectivity index (χ0n) is 10.8. The standard InChI is InChI=1S/C14H21NS3/c1-2-3-4-5-8-11-17-18(16)12-15-13-9-6-7-10-14(13)18/h6-7,9-10,12,16H,2-5,8,11H2,1H3. The number of aliphatic imine (C=N–C) groups is 1.